The first-order chi connectivity index (χ1) is 9.48. The highest BCUT2D eigenvalue weighted by Gasteiger charge is 2.45. The first-order valence-electron chi connectivity index (χ1n) is 8.03. The van der Waals surface area contributed by atoms with Gasteiger partial charge in [0.1, 0.15) is 0 Å². The van der Waals surface area contributed by atoms with Gasteiger partial charge in [0.05, 0.1) is 6.42 Å². The molecule has 3 fully saturated rings. The Balaban J connectivity index is 1.64. The van der Waals surface area contributed by atoms with Crippen LogP contribution in [-0.2, 0) is 0 Å². The second kappa shape index (κ2) is 5.48. The lowest BCUT2D eigenvalue weighted by atomic mass is 9.79. The van der Waals surface area contributed by atoms with Crippen LogP contribution in [0.3, 0.4) is 0 Å². The maximum Gasteiger partial charge on any atom is 0.390 e. The molecule has 20 heavy (non-hydrogen) atoms. The minimum atomic E-state index is -4.03. The van der Waals surface area contributed by atoms with Crippen molar-refractivity contribution in [2.75, 3.05) is 19.6 Å². The van der Waals surface area contributed by atoms with E-state index in [0.29, 0.717) is 12.0 Å². The predicted molar refractivity (Wildman–Crippen MR) is 72.6 cm³/mol. The maximum absolute atomic E-state index is 12.5. The van der Waals surface area contributed by atoms with Gasteiger partial charge in [-0.1, -0.05) is 19.3 Å². The second-order valence-corrected chi connectivity index (χ2v) is 6.96. The summed E-state index contributed by atoms with van der Waals surface area (Å²) in [6.45, 7) is 1.90. The summed E-state index contributed by atoms with van der Waals surface area (Å²) >= 11 is 0. The Kier molecular flexibility index (Phi) is 4.01. The monoisotopic (exact) mass is 290 g/mol. The smallest absolute Gasteiger partial charge is 0.308 e. The molecule has 0 aromatic carbocycles. The van der Waals surface area contributed by atoms with Crippen LogP contribution in [0, 0.1) is 5.92 Å². The minimum Gasteiger partial charge on any atom is -0.308 e. The topological polar surface area (TPSA) is 15.3 Å². The molecular formula is C15H25F3N2. The Labute approximate surface area is 119 Å². The summed E-state index contributed by atoms with van der Waals surface area (Å²) in [6.07, 6.45) is 3.68. The summed E-state index contributed by atoms with van der Waals surface area (Å²) in [6, 6.07) is 0.338. The summed E-state index contributed by atoms with van der Waals surface area (Å²) in [7, 11) is 0. The SMILES string of the molecule is FC(F)(F)CCN1CC2(CCCCC2)NCC1C1CC1. The Bertz CT molecular complexity index is 333. The second-order valence-electron chi connectivity index (χ2n) is 6.96. The maximum atomic E-state index is 12.5. The van der Waals surface area contributed by atoms with Crippen LogP contribution in [0.1, 0.15) is 51.4 Å². The molecule has 0 bridgehead atoms. The van der Waals surface area contributed by atoms with Gasteiger partial charge in [0.25, 0.3) is 0 Å². The first-order valence-corrected chi connectivity index (χ1v) is 8.03. The van der Waals surface area contributed by atoms with E-state index in [4.69, 9.17) is 0 Å². The van der Waals surface area contributed by atoms with Gasteiger partial charge in [-0.25, -0.2) is 0 Å². The van der Waals surface area contributed by atoms with Gasteiger partial charge < -0.3 is 5.32 Å². The van der Waals surface area contributed by atoms with E-state index in [1.54, 1.807) is 0 Å². The Morgan fingerprint density at radius 1 is 1.10 bits per heavy atom. The summed E-state index contributed by atoms with van der Waals surface area (Å²) < 4.78 is 37.6. The van der Waals surface area contributed by atoms with Gasteiger partial charge in [-0.15, -0.1) is 0 Å². The van der Waals surface area contributed by atoms with Gasteiger partial charge >= 0.3 is 6.18 Å². The Morgan fingerprint density at radius 3 is 2.40 bits per heavy atom. The average molecular weight is 290 g/mol. The fourth-order valence-corrected chi connectivity index (χ4v) is 4.04. The van der Waals surface area contributed by atoms with Crippen molar-refractivity contribution in [3.8, 4) is 0 Å². The van der Waals surface area contributed by atoms with E-state index in [2.05, 4.69) is 10.2 Å². The number of hydrogen-bond acceptors (Lipinski definition) is 2. The third kappa shape index (κ3) is 3.48. The summed E-state index contributed by atoms with van der Waals surface area (Å²) in [5.41, 5.74) is 0.106. The number of halogens is 3. The zero-order chi connectivity index (χ0) is 14.2. The van der Waals surface area contributed by atoms with Crippen molar-refractivity contribution in [3.05, 3.63) is 0 Å². The molecular weight excluding hydrogens is 265 g/mol. The van der Waals surface area contributed by atoms with Gasteiger partial charge in [-0.05, 0) is 31.6 Å². The Hall–Kier alpha value is -0.290. The molecule has 1 aliphatic heterocycles. The molecule has 5 heteroatoms. The van der Waals surface area contributed by atoms with E-state index in [1.807, 2.05) is 0 Å². The zero-order valence-electron chi connectivity index (χ0n) is 12.0. The van der Waals surface area contributed by atoms with E-state index < -0.39 is 12.6 Å². The van der Waals surface area contributed by atoms with Crippen molar-refractivity contribution in [2.45, 2.75) is 69.1 Å². The normalized spacial score (nSPS) is 31.6. The minimum absolute atomic E-state index is 0.106. The average Bonchev–Trinajstić information content (AvgIpc) is 3.21. The summed E-state index contributed by atoms with van der Waals surface area (Å²) in [5.74, 6) is 0.636. The lowest BCUT2D eigenvalue weighted by molar-refractivity contribution is -0.141. The van der Waals surface area contributed by atoms with Crippen LogP contribution in [0.15, 0.2) is 0 Å². The van der Waals surface area contributed by atoms with Crippen molar-refractivity contribution in [2.24, 2.45) is 5.92 Å². The summed E-state index contributed by atoms with van der Waals surface area (Å²) in [5, 5.41) is 3.71. The Morgan fingerprint density at radius 2 is 1.80 bits per heavy atom. The van der Waals surface area contributed by atoms with E-state index in [0.717, 1.165) is 25.9 Å². The van der Waals surface area contributed by atoms with Gasteiger partial charge in [-0.3, -0.25) is 4.90 Å². The largest absolute Gasteiger partial charge is 0.390 e. The molecule has 1 N–H and O–H groups in total. The highest BCUT2D eigenvalue weighted by Crippen LogP contribution is 2.40. The molecule has 1 heterocycles. The number of hydrogen-bond donors (Lipinski definition) is 1. The van der Waals surface area contributed by atoms with Crippen molar-refractivity contribution < 1.29 is 13.2 Å². The molecule has 3 aliphatic rings. The van der Waals surface area contributed by atoms with E-state index in [9.17, 15) is 13.2 Å². The third-order valence-electron chi connectivity index (χ3n) is 5.32. The molecule has 2 saturated carbocycles. The number of piperazine rings is 1. The van der Waals surface area contributed by atoms with E-state index >= 15 is 0 Å². The van der Waals surface area contributed by atoms with Crippen LogP contribution in [0.25, 0.3) is 0 Å². The van der Waals surface area contributed by atoms with Gasteiger partial charge in [-0.2, -0.15) is 13.2 Å². The van der Waals surface area contributed by atoms with Crippen LogP contribution >= 0.6 is 0 Å². The standard InChI is InChI=1S/C15H25F3N2/c16-15(17,18)8-9-20-11-14(6-2-1-3-7-14)19-10-13(20)12-4-5-12/h12-13,19H,1-11H2. The number of nitrogens with one attached hydrogen (secondary N) is 1. The van der Waals surface area contributed by atoms with Crippen molar-refractivity contribution in [1.82, 2.24) is 10.2 Å². The molecule has 3 rings (SSSR count). The molecule has 1 saturated heterocycles. The first kappa shape index (κ1) is 14.6. The lowest BCUT2D eigenvalue weighted by Crippen LogP contribution is -2.65. The quantitative estimate of drug-likeness (QED) is 0.857. The van der Waals surface area contributed by atoms with Crippen LogP contribution in [-0.4, -0.2) is 42.3 Å². The van der Waals surface area contributed by atoms with Crippen molar-refractivity contribution >= 4 is 0 Å². The zero-order valence-corrected chi connectivity index (χ0v) is 12.0. The van der Waals surface area contributed by atoms with Gasteiger partial charge in [0.15, 0.2) is 0 Å². The van der Waals surface area contributed by atoms with Crippen LogP contribution in [0.5, 0.6) is 0 Å². The summed E-state index contributed by atoms with van der Waals surface area (Å²) in [4.78, 5) is 2.16. The van der Waals surface area contributed by atoms with Gasteiger partial charge in [0, 0.05) is 31.2 Å². The predicted octanol–water partition coefficient (Wildman–Crippen LogP) is 3.33. The van der Waals surface area contributed by atoms with Crippen LogP contribution in [0.2, 0.25) is 0 Å². The fourth-order valence-electron chi connectivity index (χ4n) is 4.04. The molecule has 116 valence electrons. The van der Waals surface area contributed by atoms with Crippen LogP contribution < -0.4 is 5.32 Å². The van der Waals surface area contributed by atoms with E-state index in [1.165, 1.54) is 32.1 Å². The molecule has 1 unspecified atom stereocenters. The lowest BCUT2D eigenvalue weighted by Gasteiger charge is -2.50. The number of nitrogens with zero attached hydrogens (tertiary/aromatic N) is 1. The molecule has 1 spiro atoms. The number of rotatable bonds is 3. The fraction of sp³-hybridized carbons (Fsp3) is 1.00. The van der Waals surface area contributed by atoms with Crippen LogP contribution in [0.4, 0.5) is 13.2 Å². The molecule has 0 aromatic heterocycles. The molecule has 0 aromatic rings. The molecule has 2 aliphatic carbocycles. The molecule has 1 atom stereocenters. The third-order valence-corrected chi connectivity index (χ3v) is 5.32. The van der Waals surface area contributed by atoms with Crippen molar-refractivity contribution in [3.63, 3.8) is 0 Å². The molecule has 0 amide bonds. The highest BCUT2D eigenvalue weighted by atomic mass is 19.4. The highest BCUT2D eigenvalue weighted by molar-refractivity contribution is 5.03. The van der Waals surface area contributed by atoms with Crippen molar-refractivity contribution in [1.29, 1.82) is 0 Å². The number of alkyl halides is 3. The van der Waals surface area contributed by atoms with Gasteiger partial charge in [0.2, 0.25) is 0 Å². The molecule has 2 nitrogen and oxygen atoms in total. The van der Waals surface area contributed by atoms with E-state index in [-0.39, 0.29) is 12.1 Å². The molecule has 0 radical (unpaired) electrons.